The second-order valence-electron chi connectivity index (χ2n) is 15.2. The van der Waals surface area contributed by atoms with Gasteiger partial charge in [-0.05, 0) is 65.9 Å². The number of carbonyl (C=O) groups excluding carboxylic acids is 1. The first-order valence-electron chi connectivity index (χ1n) is 19.7. The van der Waals surface area contributed by atoms with Crippen LogP contribution in [0.5, 0.6) is 0 Å². The Morgan fingerprint density at radius 2 is 1.50 bits per heavy atom. The monoisotopic (exact) mass is 795 g/mol. The number of aliphatic hydroxyl groups is 1. The van der Waals surface area contributed by atoms with Crippen LogP contribution in [-0.4, -0.2) is 67.3 Å². The molecule has 9 rings (SSSR count). The molecule has 0 bridgehead atoms. The van der Waals surface area contributed by atoms with E-state index < -0.39 is 28.0 Å². The molecule has 3 aliphatic rings. The quantitative estimate of drug-likeness (QED) is 0.136. The minimum Gasteiger partial charge on any atom is -0.392 e. The molecule has 12 heteroatoms. The lowest BCUT2D eigenvalue weighted by atomic mass is 9.82. The van der Waals surface area contributed by atoms with Crippen molar-refractivity contribution in [2.75, 3.05) is 35.9 Å². The van der Waals surface area contributed by atoms with Crippen LogP contribution >= 0.6 is 0 Å². The normalized spacial score (nSPS) is 22.2. The second-order valence-corrected chi connectivity index (χ2v) is 16.9. The van der Waals surface area contributed by atoms with Crippen molar-refractivity contribution in [1.29, 1.82) is 0 Å². The number of fused-ring (bicyclic) bond motifs is 1. The van der Waals surface area contributed by atoms with E-state index in [9.17, 15) is 18.3 Å². The van der Waals surface area contributed by atoms with Crippen molar-refractivity contribution in [1.82, 2.24) is 15.2 Å². The molecule has 3 aliphatic heterocycles. The zero-order valence-electron chi connectivity index (χ0n) is 31.9. The van der Waals surface area contributed by atoms with Gasteiger partial charge >= 0.3 is 0 Å². The van der Waals surface area contributed by atoms with Crippen LogP contribution in [-0.2, 0) is 30.9 Å². The number of carbonyl (C=O) groups is 1. The third-order valence-corrected chi connectivity index (χ3v) is 13.2. The number of benzene rings is 5. The van der Waals surface area contributed by atoms with Crippen molar-refractivity contribution in [3.8, 4) is 0 Å². The molecule has 58 heavy (non-hydrogen) atoms. The van der Waals surface area contributed by atoms with Crippen molar-refractivity contribution >= 4 is 38.2 Å². The topological polar surface area (TPSA) is 133 Å². The molecule has 11 nitrogen and oxygen atoms in total. The molecule has 6 aromatic rings. The third kappa shape index (κ3) is 7.34. The number of hydrogen-bond donors (Lipinski definition) is 3. The highest BCUT2D eigenvalue weighted by Gasteiger charge is 2.51. The lowest BCUT2D eigenvalue weighted by Crippen LogP contribution is -2.57. The molecule has 296 valence electrons. The van der Waals surface area contributed by atoms with E-state index in [1.54, 1.807) is 42.6 Å². The van der Waals surface area contributed by atoms with Gasteiger partial charge in [0.25, 0.3) is 10.0 Å². The van der Waals surface area contributed by atoms with Crippen LogP contribution < -0.4 is 14.9 Å². The number of likely N-dealkylation sites (tertiary alicyclic amines) is 1. The van der Waals surface area contributed by atoms with Crippen LogP contribution in [0.25, 0.3) is 10.9 Å². The van der Waals surface area contributed by atoms with E-state index >= 15 is 0 Å². The molecule has 4 heterocycles. The van der Waals surface area contributed by atoms with Gasteiger partial charge in [0.15, 0.2) is 6.29 Å². The zero-order valence-corrected chi connectivity index (χ0v) is 32.7. The summed E-state index contributed by atoms with van der Waals surface area (Å²) in [5.74, 6) is -0.149. The fourth-order valence-corrected chi connectivity index (χ4v) is 10.0. The van der Waals surface area contributed by atoms with Crippen LogP contribution in [0.3, 0.4) is 0 Å². The summed E-state index contributed by atoms with van der Waals surface area (Å²) in [5.41, 5.74) is 4.61. The third-order valence-electron chi connectivity index (χ3n) is 11.8. The second kappa shape index (κ2) is 16.0. The number of pyridine rings is 1. The molecule has 3 saturated heterocycles. The number of anilines is 2. The van der Waals surface area contributed by atoms with Gasteiger partial charge in [-0.3, -0.25) is 14.5 Å². The maximum absolute atomic E-state index is 13.8. The van der Waals surface area contributed by atoms with Gasteiger partial charge < -0.3 is 29.7 Å². The van der Waals surface area contributed by atoms with E-state index in [-0.39, 0.29) is 29.4 Å². The van der Waals surface area contributed by atoms with E-state index in [2.05, 4.69) is 49.1 Å². The minimum absolute atomic E-state index is 0.0687. The Morgan fingerprint density at radius 1 is 0.793 bits per heavy atom. The Bertz CT molecular complexity index is 2490. The smallest absolute Gasteiger partial charge is 0.264 e. The van der Waals surface area contributed by atoms with Gasteiger partial charge in [0.05, 0.1) is 31.0 Å². The van der Waals surface area contributed by atoms with Gasteiger partial charge in [-0.1, -0.05) is 103 Å². The average molecular weight is 796 g/mol. The van der Waals surface area contributed by atoms with Crippen LogP contribution in [0.2, 0.25) is 0 Å². The van der Waals surface area contributed by atoms with E-state index in [0.29, 0.717) is 55.9 Å². The van der Waals surface area contributed by atoms with Crippen molar-refractivity contribution in [3.05, 3.63) is 168 Å². The molecule has 0 aliphatic carbocycles. The summed E-state index contributed by atoms with van der Waals surface area (Å²) in [6, 6.07) is 44.0. The SMILES string of the molecule is O=C1NCN(c2ccccc2)C12CCN(CC1OC(c3cccc(NS(=O)(=O)c4cccc5cccnc45)c3)OC(c3ccc(CO)cc3)C1c1ccccc1)CC2. The molecular weight excluding hydrogens is 751 g/mol. The number of aliphatic hydroxyl groups excluding tert-OH is 1. The van der Waals surface area contributed by atoms with Gasteiger partial charge in [-0.2, -0.15) is 0 Å². The van der Waals surface area contributed by atoms with E-state index in [1.165, 1.54) is 0 Å². The van der Waals surface area contributed by atoms with Crippen LogP contribution in [0.15, 0.2) is 151 Å². The molecular formula is C46H45N5O6S. The summed E-state index contributed by atoms with van der Waals surface area (Å²) in [6.07, 6.45) is 1.25. The molecule has 1 amide bonds. The highest BCUT2D eigenvalue weighted by molar-refractivity contribution is 7.93. The Kier molecular flexibility index (Phi) is 10.4. The van der Waals surface area contributed by atoms with Crippen molar-refractivity contribution in [2.45, 2.75) is 54.3 Å². The van der Waals surface area contributed by atoms with Crippen molar-refractivity contribution in [2.24, 2.45) is 0 Å². The fourth-order valence-electron chi connectivity index (χ4n) is 8.81. The average Bonchev–Trinajstić information content (AvgIpc) is 3.58. The first-order chi connectivity index (χ1) is 28.3. The lowest BCUT2D eigenvalue weighted by Gasteiger charge is -2.47. The first kappa shape index (κ1) is 37.9. The number of aromatic nitrogens is 1. The number of sulfonamides is 1. The highest BCUT2D eigenvalue weighted by Crippen LogP contribution is 2.48. The molecule has 0 radical (unpaired) electrons. The van der Waals surface area contributed by atoms with Gasteiger partial charge in [0.2, 0.25) is 5.91 Å². The molecule has 4 unspecified atom stereocenters. The number of nitrogens with zero attached hydrogens (tertiary/aromatic N) is 3. The number of rotatable bonds is 10. The largest absolute Gasteiger partial charge is 0.392 e. The number of nitrogens with one attached hydrogen (secondary N) is 2. The number of piperidine rings is 1. The van der Waals surface area contributed by atoms with Gasteiger partial charge in [0.1, 0.15) is 10.4 Å². The summed E-state index contributed by atoms with van der Waals surface area (Å²) in [7, 11) is -4.01. The molecule has 5 aromatic carbocycles. The highest BCUT2D eigenvalue weighted by atomic mass is 32.2. The van der Waals surface area contributed by atoms with Gasteiger partial charge in [-0.15, -0.1) is 0 Å². The van der Waals surface area contributed by atoms with Gasteiger partial charge in [0, 0.05) is 54.1 Å². The minimum atomic E-state index is -4.01. The van der Waals surface area contributed by atoms with Crippen LogP contribution in [0.4, 0.5) is 11.4 Å². The summed E-state index contributed by atoms with van der Waals surface area (Å²) >= 11 is 0. The zero-order chi connectivity index (χ0) is 39.7. The predicted molar refractivity (Wildman–Crippen MR) is 222 cm³/mol. The molecule has 3 N–H and O–H groups in total. The van der Waals surface area contributed by atoms with Crippen molar-refractivity contribution in [3.63, 3.8) is 0 Å². The Labute approximate surface area is 338 Å². The van der Waals surface area contributed by atoms with E-state index in [0.717, 1.165) is 27.8 Å². The summed E-state index contributed by atoms with van der Waals surface area (Å²) in [5, 5.41) is 13.7. The first-order valence-corrected chi connectivity index (χ1v) is 21.2. The van der Waals surface area contributed by atoms with E-state index in [4.69, 9.17) is 9.47 Å². The summed E-state index contributed by atoms with van der Waals surface area (Å²) < 4.78 is 44.4. The van der Waals surface area contributed by atoms with Crippen LogP contribution in [0.1, 0.15) is 53.4 Å². The molecule has 0 saturated carbocycles. The number of hydrogen-bond acceptors (Lipinski definition) is 9. The molecule has 3 fully saturated rings. The molecule has 4 atom stereocenters. The predicted octanol–water partition coefficient (Wildman–Crippen LogP) is 6.90. The number of amides is 1. The summed E-state index contributed by atoms with van der Waals surface area (Å²) in [4.78, 5) is 22.5. The Balaban J connectivity index is 1.03. The number of para-hydroxylation sites is 2. The standard InChI is InChI=1S/C46H45N5O6S/c52-30-32-19-21-35(22-20-32)43-41(33-10-3-1-4-11-33)39(29-50-26-23-46(24-27-50)45(53)48-31-51(46)38-16-5-2-6-17-38)56-44(57-43)36-13-7-15-37(28-36)49-58(54,55)40-18-8-12-34-14-9-25-47-42(34)40/h1-22,25,28,39,41,43-44,49,52H,23-24,26-27,29-31H2,(H,48,53). The van der Waals surface area contributed by atoms with Crippen LogP contribution in [0, 0.1) is 0 Å². The van der Waals surface area contributed by atoms with Gasteiger partial charge in [-0.25, -0.2) is 8.42 Å². The fraction of sp³-hybridized carbons (Fsp3) is 0.261. The van der Waals surface area contributed by atoms with E-state index in [1.807, 2.05) is 78.9 Å². The molecule has 1 aromatic heterocycles. The van der Waals surface area contributed by atoms with Crippen molar-refractivity contribution < 1.29 is 27.8 Å². The maximum atomic E-state index is 13.8. The number of ether oxygens (including phenoxy) is 2. The Hall–Kier alpha value is -5.63. The summed E-state index contributed by atoms with van der Waals surface area (Å²) in [6.45, 7) is 2.37. The molecule has 1 spiro atoms. The maximum Gasteiger partial charge on any atom is 0.264 e. The Morgan fingerprint density at radius 3 is 2.26 bits per heavy atom. The lowest BCUT2D eigenvalue weighted by molar-refractivity contribution is -0.264.